The van der Waals surface area contributed by atoms with Crippen molar-refractivity contribution in [3.05, 3.63) is 35.5 Å². The third-order valence-corrected chi connectivity index (χ3v) is 5.54. The van der Waals surface area contributed by atoms with E-state index >= 15 is 0 Å². The lowest BCUT2D eigenvalue weighted by molar-refractivity contribution is 0.0618. The van der Waals surface area contributed by atoms with Crippen molar-refractivity contribution in [2.45, 2.75) is 6.54 Å². The molecule has 0 aliphatic carbocycles. The molecule has 4 heterocycles. The number of fused-ring (bicyclic) bond motifs is 1. The molecule has 0 N–H and O–H groups in total. The second-order valence-corrected chi connectivity index (χ2v) is 7.41. The normalized spacial score (nSPS) is 19.6. The standard InChI is InChI=1S/C20H24N4O5/c25-20(16-12-19(29-21-16)23-7-9-26-10-8-23)24-5-3-22(4-6-24)13-15-1-2-17-18(11-15)28-14-27-17/h1-2,11-12H,3-10,13-14H2. The van der Waals surface area contributed by atoms with E-state index in [4.69, 9.17) is 18.7 Å². The number of anilines is 1. The molecule has 1 amide bonds. The number of aromatic nitrogens is 1. The van der Waals surface area contributed by atoms with E-state index in [1.54, 1.807) is 6.07 Å². The van der Waals surface area contributed by atoms with Crippen molar-refractivity contribution < 1.29 is 23.5 Å². The molecular weight excluding hydrogens is 376 g/mol. The first kappa shape index (κ1) is 18.3. The first-order valence-electron chi connectivity index (χ1n) is 9.96. The molecule has 2 saturated heterocycles. The van der Waals surface area contributed by atoms with Gasteiger partial charge in [0.05, 0.1) is 13.2 Å². The fourth-order valence-corrected chi connectivity index (χ4v) is 3.87. The molecule has 1 aromatic carbocycles. The minimum atomic E-state index is -0.0732. The number of ether oxygens (including phenoxy) is 3. The number of amides is 1. The Balaban J connectivity index is 1.15. The topological polar surface area (TPSA) is 80.5 Å². The third-order valence-electron chi connectivity index (χ3n) is 5.54. The van der Waals surface area contributed by atoms with Crippen molar-refractivity contribution in [1.82, 2.24) is 15.0 Å². The highest BCUT2D eigenvalue weighted by Crippen LogP contribution is 2.32. The van der Waals surface area contributed by atoms with Crippen LogP contribution in [0.3, 0.4) is 0 Å². The minimum absolute atomic E-state index is 0.0732. The molecule has 0 bridgehead atoms. The van der Waals surface area contributed by atoms with Gasteiger partial charge < -0.3 is 28.5 Å². The van der Waals surface area contributed by atoms with Crippen LogP contribution in [0.2, 0.25) is 0 Å². The monoisotopic (exact) mass is 400 g/mol. The molecule has 0 radical (unpaired) electrons. The molecule has 154 valence electrons. The summed E-state index contributed by atoms with van der Waals surface area (Å²) in [6.45, 7) is 6.90. The Hall–Kier alpha value is -2.78. The maximum Gasteiger partial charge on any atom is 0.276 e. The fourth-order valence-electron chi connectivity index (χ4n) is 3.87. The lowest BCUT2D eigenvalue weighted by Crippen LogP contribution is -2.48. The van der Waals surface area contributed by atoms with Crippen molar-refractivity contribution in [3.63, 3.8) is 0 Å². The van der Waals surface area contributed by atoms with Gasteiger partial charge >= 0.3 is 0 Å². The van der Waals surface area contributed by atoms with Gasteiger partial charge in [-0.15, -0.1) is 0 Å². The van der Waals surface area contributed by atoms with E-state index in [0.29, 0.717) is 37.9 Å². The summed E-state index contributed by atoms with van der Waals surface area (Å²) in [6, 6.07) is 7.79. The maximum absolute atomic E-state index is 12.8. The fraction of sp³-hybridized carbons (Fsp3) is 0.500. The Labute approximate surface area is 168 Å². The Morgan fingerprint density at radius 2 is 1.76 bits per heavy atom. The molecule has 2 fully saturated rings. The van der Waals surface area contributed by atoms with Crippen molar-refractivity contribution in [2.75, 3.05) is 64.2 Å². The molecule has 0 spiro atoms. The molecule has 5 rings (SSSR count). The van der Waals surface area contributed by atoms with Gasteiger partial charge in [0, 0.05) is 51.9 Å². The Kier molecular flexibility index (Phi) is 4.99. The molecule has 9 nitrogen and oxygen atoms in total. The van der Waals surface area contributed by atoms with Crippen LogP contribution >= 0.6 is 0 Å². The molecule has 9 heteroatoms. The molecule has 0 saturated carbocycles. The summed E-state index contributed by atoms with van der Waals surface area (Å²) in [5.41, 5.74) is 1.55. The first-order chi connectivity index (χ1) is 14.3. The van der Waals surface area contributed by atoms with Crippen molar-refractivity contribution in [2.24, 2.45) is 0 Å². The maximum atomic E-state index is 12.8. The van der Waals surface area contributed by atoms with Crippen LogP contribution in [0.5, 0.6) is 11.5 Å². The molecule has 0 unspecified atom stereocenters. The predicted octanol–water partition coefficient (Wildman–Crippen LogP) is 1.20. The average molecular weight is 400 g/mol. The average Bonchev–Trinajstić information content (AvgIpc) is 3.44. The van der Waals surface area contributed by atoms with Gasteiger partial charge in [-0.05, 0) is 17.7 Å². The van der Waals surface area contributed by atoms with Crippen LogP contribution in [-0.2, 0) is 11.3 Å². The summed E-state index contributed by atoms with van der Waals surface area (Å²) < 4.78 is 21.6. The van der Waals surface area contributed by atoms with E-state index in [9.17, 15) is 4.79 Å². The summed E-state index contributed by atoms with van der Waals surface area (Å²) in [7, 11) is 0. The van der Waals surface area contributed by atoms with E-state index in [1.807, 2.05) is 17.0 Å². The minimum Gasteiger partial charge on any atom is -0.454 e. The smallest absolute Gasteiger partial charge is 0.276 e. The molecule has 29 heavy (non-hydrogen) atoms. The van der Waals surface area contributed by atoms with Crippen LogP contribution in [0.15, 0.2) is 28.8 Å². The number of hydrogen-bond acceptors (Lipinski definition) is 8. The largest absolute Gasteiger partial charge is 0.454 e. The van der Waals surface area contributed by atoms with Gasteiger partial charge in [0.2, 0.25) is 12.7 Å². The molecular formula is C20H24N4O5. The zero-order chi connectivity index (χ0) is 19.6. The highest BCUT2D eigenvalue weighted by molar-refractivity contribution is 5.93. The number of morpholine rings is 1. The zero-order valence-corrected chi connectivity index (χ0v) is 16.2. The predicted molar refractivity (Wildman–Crippen MR) is 103 cm³/mol. The second-order valence-electron chi connectivity index (χ2n) is 7.41. The van der Waals surface area contributed by atoms with Crippen molar-refractivity contribution in [3.8, 4) is 11.5 Å². The Bertz CT molecular complexity index is 872. The van der Waals surface area contributed by atoms with Gasteiger partial charge in [-0.2, -0.15) is 0 Å². The highest BCUT2D eigenvalue weighted by atomic mass is 16.7. The number of carbonyl (C=O) groups excluding carboxylic acids is 1. The molecule has 2 aromatic rings. The van der Waals surface area contributed by atoms with E-state index in [2.05, 4.69) is 21.0 Å². The van der Waals surface area contributed by atoms with E-state index in [0.717, 1.165) is 44.2 Å². The number of hydrogen-bond donors (Lipinski definition) is 0. The molecule has 3 aliphatic heterocycles. The van der Waals surface area contributed by atoms with Gasteiger partial charge in [0.25, 0.3) is 5.91 Å². The Morgan fingerprint density at radius 1 is 0.966 bits per heavy atom. The van der Waals surface area contributed by atoms with Gasteiger partial charge in [-0.3, -0.25) is 9.69 Å². The number of benzene rings is 1. The zero-order valence-electron chi connectivity index (χ0n) is 16.2. The van der Waals surface area contributed by atoms with Gasteiger partial charge in [-0.25, -0.2) is 0 Å². The SMILES string of the molecule is O=C(c1cc(N2CCOCC2)on1)N1CCN(Cc2ccc3c(c2)OCO3)CC1. The van der Waals surface area contributed by atoms with Crippen molar-refractivity contribution in [1.29, 1.82) is 0 Å². The summed E-state index contributed by atoms with van der Waals surface area (Å²) in [6.07, 6.45) is 0. The summed E-state index contributed by atoms with van der Waals surface area (Å²) in [5, 5.41) is 4.00. The van der Waals surface area contributed by atoms with Crippen LogP contribution < -0.4 is 14.4 Å². The molecule has 1 aromatic heterocycles. The van der Waals surface area contributed by atoms with Crippen LogP contribution in [0.4, 0.5) is 5.88 Å². The quantitative estimate of drug-likeness (QED) is 0.758. The number of nitrogens with zero attached hydrogens (tertiary/aromatic N) is 4. The van der Waals surface area contributed by atoms with Gasteiger partial charge in [0.1, 0.15) is 0 Å². The van der Waals surface area contributed by atoms with Gasteiger partial charge in [-0.1, -0.05) is 11.2 Å². The lowest BCUT2D eigenvalue weighted by Gasteiger charge is -2.34. The number of rotatable bonds is 4. The summed E-state index contributed by atoms with van der Waals surface area (Å²) >= 11 is 0. The number of piperazine rings is 1. The van der Waals surface area contributed by atoms with Crippen LogP contribution in [0.1, 0.15) is 16.1 Å². The highest BCUT2D eigenvalue weighted by Gasteiger charge is 2.26. The van der Waals surface area contributed by atoms with Crippen LogP contribution in [0, 0.1) is 0 Å². The van der Waals surface area contributed by atoms with Crippen LogP contribution in [0.25, 0.3) is 0 Å². The number of carbonyl (C=O) groups is 1. The summed E-state index contributed by atoms with van der Waals surface area (Å²) in [5.74, 6) is 2.17. The van der Waals surface area contributed by atoms with E-state index in [1.165, 1.54) is 5.56 Å². The first-order valence-corrected chi connectivity index (χ1v) is 9.96. The Morgan fingerprint density at radius 3 is 2.59 bits per heavy atom. The van der Waals surface area contributed by atoms with Gasteiger partial charge in [0.15, 0.2) is 17.2 Å². The van der Waals surface area contributed by atoms with Crippen LogP contribution in [-0.4, -0.2) is 80.1 Å². The summed E-state index contributed by atoms with van der Waals surface area (Å²) in [4.78, 5) is 19.0. The molecule has 3 aliphatic rings. The lowest BCUT2D eigenvalue weighted by atomic mass is 10.1. The third kappa shape index (κ3) is 3.88. The van der Waals surface area contributed by atoms with E-state index in [-0.39, 0.29) is 12.7 Å². The second kappa shape index (κ2) is 7.92. The molecule has 0 atom stereocenters. The van der Waals surface area contributed by atoms with Crippen molar-refractivity contribution >= 4 is 11.8 Å². The van der Waals surface area contributed by atoms with E-state index < -0.39 is 0 Å².